The molecule has 1 saturated carbocycles. The highest BCUT2D eigenvalue weighted by Crippen LogP contribution is 2.65. The van der Waals surface area contributed by atoms with Crippen molar-refractivity contribution in [3.63, 3.8) is 0 Å². The molecular formula is C28H24Cl5N3O4. The third-order valence-corrected chi connectivity index (χ3v) is 7.55. The highest BCUT2D eigenvalue weighted by molar-refractivity contribution is 6.53. The van der Waals surface area contributed by atoms with Crippen LogP contribution in [0.2, 0.25) is 15.1 Å². The maximum atomic E-state index is 13.1. The summed E-state index contributed by atoms with van der Waals surface area (Å²) in [4.78, 5) is 38.0. The molecule has 3 aromatic carbocycles. The van der Waals surface area contributed by atoms with Gasteiger partial charge < -0.3 is 15.4 Å². The molecule has 0 saturated heterocycles. The zero-order valence-electron chi connectivity index (χ0n) is 21.5. The van der Waals surface area contributed by atoms with E-state index >= 15 is 0 Å². The number of halogens is 5. The van der Waals surface area contributed by atoms with Crippen molar-refractivity contribution in [1.29, 1.82) is 0 Å². The van der Waals surface area contributed by atoms with E-state index in [4.69, 9.17) is 62.7 Å². The second-order valence-electron chi connectivity index (χ2n) is 10.2. The lowest BCUT2D eigenvalue weighted by molar-refractivity contribution is -0.117. The van der Waals surface area contributed by atoms with Gasteiger partial charge in [0.2, 0.25) is 5.91 Å². The number of carbonyl (C=O) groups excluding carboxylic acids is 3. The number of benzene rings is 3. The molecule has 0 aliphatic heterocycles. The lowest BCUT2D eigenvalue weighted by atomic mass is 10.1. The average molecular weight is 644 g/mol. The first-order valence-corrected chi connectivity index (χ1v) is 13.9. The molecule has 12 heteroatoms. The molecule has 3 aromatic rings. The maximum absolute atomic E-state index is 13.1. The summed E-state index contributed by atoms with van der Waals surface area (Å²) < 4.78 is 3.87. The van der Waals surface area contributed by atoms with E-state index < -0.39 is 39.7 Å². The molecule has 2 unspecified atom stereocenters. The van der Waals surface area contributed by atoms with Crippen LogP contribution < -0.4 is 16.0 Å². The number of ether oxygens (including phenoxy) is 1. The molecule has 0 bridgehead atoms. The molecule has 1 fully saturated rings. The summed E-state index contributed by atoms with van der Waals surface area (Å²) in [6.07, 6.45) is -0.593. The van der Waals surface area contributed by atoms with Crippen molar-refractivity contribution >= 4 is 93.0 Å². The van der Waals surface area contributed by atoms with Gasteiger partial charge in [-0.05, 0) is 87.0 Å². The fourth-order valence-corrected chi connectivity index (χ4v) is 5.65. The Morgan fingerprint density at radius 1 is 0.775 bits per heavy atom. The van der Waals surface area contributed by atoms with E-state index in [0.717, 1.165) is 0 Å². The van der Waals surface area contributed by atoms with Crippen molar-refractivity contribution in [2.45, 2.75) is 36.6 Å². The molecule has 40 heavy (non-hydrogen) atoms. The number of rotatable bonds is 6. The number of amides is 3. The van der Waals surface area contributed by atoms with Crippen LogP contribution in [0.15, 0.2) is 60.7 Å². The van der Waals surface area contributed by atoms with Gasteiger partial charge in [-0.3, -0.25) is 14.9 Å². The van der Waals surface area contributed by atoms with Crippen LogP contribution in [0.1, 0.15) is 42.6 Å². The lowest BCUT2D eigenvalue weighted by Gasteiger charge is -2.19. The Kier molecular flexibility index (Phi) is 8.83. The van der Waals surface area contributed by atoms with E-state index in [0.29, 0.717) is 32.7 Å². The predicted molar refractivity (Wildman–Crippen MR) is 161 cm³/mol. The lowest BCUT2D eigenvalue weighted by Crippen LogP contribution is -2.27. The Balaban J connectivity index is 1.41. The summed E-state index contributed by atoms with van der Waals surface area (Å²) in [5.74, 6) is -2.23. The van der Waals surface area contributed by atoms with Crippen LogP contribution in [0.25, 0.3) is 0 Å². The molecule has 0 spiro atoms. The summed E-state index contributed by atoms with van der Waals surface area (Å²) in [5, 5.41) is 9.09. The highest BCUT2D eigenvalue weighted by atomic mass is 35.5. The Morgan fingerprint density at radius 3 is 1.90 bits per heavy atom. The molecule has 3 amide bonds. The number of carbonyl (C=O) groups is 3. The predicted octanol–water partition coefficient (Wildman–Crippen LogP) is 8.77. The van der Waals surface area contributed by atoms with Gasteiger partial charge in [0.25, 0.3) is 5.91 Å². The van der Waals surface area contributed by atoms with Gasteiger partial charge in [0.05, 0.1) is 16.5 Å². The summed E-state index contributed by atoms with van der Waals surface area (Å²) in [5.41, 5.74) is 1.42. The Hall–Kier alpha value is -2.68. The van der Waals surface area contributed by atoms with Crippen molar-refractivity contribution in [3.05, 3.63) is 86.9 Å². The van der Waals surface area contributed by atoms with Gasteiger partial charge >= 0.3 is 6.09 Å². The van der Waals surface area contributed by atoms with E-state index in [1.807, 2.05) is 0 Å². The normalized spacial score (nSPS) is 17.5. The van der Waals surface area contributed by atoms with Crippen LogP contribution in [-0.2, 0) is 9.53 Å². The molecule has 0 aromatic heterocycles. The van der Waals surface area contributed by atoms with Crippen LogP contribution in [0.3, 0.4) is 0 Å². The van der Waals surface area contributed by atoms with E-state index in [2.05, 4.69) is 16.0 Å². The zero-order valence-corrected chi connectivity index (χ0v) is 25.2. The molecule has 2 atom stereocenters. The Morgan fingerprint density at radius 2 is 1.32 bits per heavy atom. The van der Waals surface area contributed by atoms with Gasteiger partial charge in [-0.15, -0.1) is 23.2 Å². The summed E-state index contributed by atoms with van der Waals surface area (Å²) in [6, 6.07) is 15.9. The largest absolute Gasteiger partial charge is 0.444 e. The molecule has 4 rings (SSSR count). The van der Waals surface area contributed by atoms with Crippen molar-refractivity contribution in [2.75, 3.05) is 16.0 Å². The Bertz CT molecular complexity index is 1450. The van der Waals surface area contributed by atoms with Crippen molar-refractivity contribution < 1.29 is 19.1 Å². The van der Waals surface area contributed by atoms with Gasteiger partial charge in [0, 0.05) is 33.0 Å². The number of hydrogen-bond donors (Lipinski definition) is 3. The average Bonchev–Trinajstić information content (AvgIpc) is 3.41. The van der Waals surface area contributed by atoms with Crippen molar-refractivity contribution in [3.8, 4) is 0 Å². The molecule has 210 valence electrons. The van der Waals surface area contributed by atoms with Gasteiger partial charge in [-0.1, -0.05) is 34.8 Å². The third kappa shape index (κ3) is 7.33. The van der Waals surface area contributed by atoms with Crippen LogP contribution >= 0.6 is 58.0 Å². The minimum absolute atomic E-state index is 0.132. The van der Waals surface area contributed by atoms with E-state index in [1.54, 1.807) is 69.3 Å². The maximum Gasteiger partial charge on any atom is 0.412 e. The second kappa shape index (κ2) is 11.7. The van der Waals surface area contributed by atoms with Crippen LogP contribution in [0.5, 0.6) is 0 Å². The van der Waals surface area contributed by atoms with Crippen LogP contribution in [-0.4, -0.2) is 27.8 Å². The smallest absolute Gasteiger partial charge is 0.412 e. The molecule has 0 heterocycles. The van der Waals surface area contributed by atoms with Gasteiger partial charge in [-0.2, -0.15) is 0 Å². The first-order chi connectivity index (χ1) is 18.6. The molecule has 0 radical (unpaired) electrons. The number of alkyl halides is 2. The molecule has 1 aliphatic rings. The highest BCUT2D eigenvalue weighted by Gasteiger charge is 2.67. The van der Waals surface area contributed by atoms with E-state index in [9.17, 15) is 14.4 Å². The third-order valence-electron chi connectivity index (χ3n) is 5.85. The topological polar surface area (TPSA) is 96.5 Å². The zero-order chi connectivity index (χ0) is 29.4. The second-order valence-corrected chi connectivity index (χ2v) is 12.9. The summed E-state index contributed by atoms with van der Waals surface area (Å²) >= 11 is 31.4. The summed E-state index contributed by atoms with van der Waals surface area (Å²) in [7, 11) is 0. The number of nitrogens with one attached hydrogen (secondary N) is 3. The van der Waals surface area contributed by atoms with Crippen LogP contribution in [0, 0.1) is 5.92 Å². The van der Waals surface area contributed by atoms with E-state index in [1.165, 1.54) is 12.1 Å². The Labute approximate surface area is 256 Å². The van der Waals surface area contributed by atoms with Crippen molar-refractivity contribution in [2.24, 2.45) is 5.92 Å². The minimum Gasteiger partial charge on any atom is -0.444 e. The number of hydrogen-bond acceptors (Lipinski definition) is 4. The first kappa shape index (κ1) is 30.3. The van der Waals surface area contributed by atoms with Crippen LogP contribution in [0.4, 0.5) is 21.9 Å². The SMILES string of the molecule is CC(C)(C)OC(=O)Nc1ccc(NC(=O)c2cc(NC(=O)C3C(c4cc(Cl)cc(Cl)c4)C3(Cl)Cl)ccc2Cl)cc1. The number of anilines is 3. The minimum atomic E-state index is -1.35. The van der Waals surface area contributed by atoms with Crippen molar-refractivity contribution in [1.82, 2.24) is 0 Å². The van der Waals surface area contributed by atoms with Gasteiger partial charge in [0.15, 0.2) is 0 Å². The monoisotopic (exact) mass is 641 g/mol. The molecule has 1 aliphatic carbocycles. The van der Waals surface area contributed by atoms with E-state index in [-0.39, 0.29) is 10.6 Å². The fourth-order valence-electron chi connectivity index (χ4n) is 4.08. The molecular weight excluding hydrogens is 620 g/mol. The standard InChI is InChI=1S/C28H24Cl5N3O4/c1-27(2,3)40-26(39)36-18-6-4-17(5-7-18)34-24(37)20-13-19(8-9-21(20)31)35-25(38)23-22(28(23,32)33)14-10-15(29)12-16(30)11-14/h4-13,22-23H,1-3H3,(H,34,37)(H,35,38)(H,36,39). The summed E-state index contributed by atoms with van der Waals surface area (Å²) in [6.45, 7) is 5.29. The molecule has 3 N–H and O–H groups in total. The first-order valence-electron chi connectivity index (χ1n) is 12.0. The molecule has 7 nitrogen and oxygen atoms in total. The quantitative estimate of drug-likeness (QED) is 0.234. The fraction of sp³-hybridized carbons (Fsp3) is 0.250. The van der Waals surface area contributed by atoms with Gasteiger partial charge in [-0.25, -0.2) is 4.79 Å². The van der Waals surface area contributed by atoms with Gasteiger partial charge in [0.1, 0.15) is 9.93 Å².